The van der Waals surface area contributed by atoms with Crippen LogP contribution in [0.5, 0.6) is 11.5 Å². The van der Waals surface area contributed by atoms with Gasteiger partial charge < -0.3 is 14.2 Å². The summed E-state index contributed by atoms with van der Waals surface area (Å²) >= 11 is 0. The predicted octanol–water partition coefficient (Wildman–Crippen LogP) is 25.6. The molecule has 4 heterocycles. The first-order chi connectivity index (χ1) is 49.5. The second-order valence-corrected chi connectivity index (χ2v) is 37.9. The Morgan fingerprint density at radius 2 is 0.686 bits per heavy atom. The van der Waals surface area contributed by atoms with Crippen LogP contribution >= 0.6 is 0 Å². The van der Waals surface area contributed by atoms with Crippen LogP contribution in [0, 0.1) is 0 Å². The molecule has 4 heteroatoms. The van der Waals surface area contributed by atoms with Crippen LogP contribution < -0.4 is 26.0 Å². The molecule has 0 N–H and O–H groups in total. The number of rotatable bonds is 6. The fourth-order valence-electron chi connectivity index (χ4n) is 17.1. The van der Waals surface area contributed by atoms with E-state index in [2.05, 4.69) is 398 Å². The number of hydrogen-bond donors (Lipinski definition) is 0. The number of fused-ring (bicyclic) bond motifs is 13. The quantitative estimate of drug-likeness (QED) is 0.154. The van der Waals surface area contributed by atoms with E-state index in [4.69, 9.17) is 4.74 Å². The molecule has 3 aliphatic rings. The average molecular weight is 1370 g/mol. The van der Waals surface area contributed by atoms with Crippen molar-refractivity contribution in [3.63, 3.8) is 0 Å². The Kier molecular flexibility index (Phi) is 15.9. The highest BCUT2D eigenvalue weighted by Crippen LogP contribution is 2.60. The van der Waals surface area contributed by atoms with Crippen LogP contribution in [0.3, 0.4) is 0 Å². The number of aromatic nitrogens is 1. The van der Waals surface area contributed by atoms with Gasteiger partial charge in [-0.3, -0.25) is 0 Å². The van der Waals surface area contributed by atoms with Gasteiger partial charge in [0.15, 0.2) is 0 Å². The monoisotopic (exact) mass is 1370 g/mol. The van der Waals surface area contributed by atoms with Crippen LogP contribution in [0.2, 0.25) is 0 Å². The summed E-state index contributed by atoms with van der Waals surface area (Å²) in [5, 5.41) is 2.50. The lowest BCUT2D eigenvalue weighted by Crippen LogP contribution is -2.65. The van der Waals surface area contributed by atoms with Gasteiger partial charge in [-0.15, -0.1) is 0 Å². The van der Waals surface area contributed by atoms with Crippen LogP contribution in [-0.4, -0.2) is 11.3 Å². The van der Waals surface area contributed by atoms with E-state index in [1.807, 2.05) is 0 Å². The molecular formula is C101H103BN2O. The number of para-hydroxylation sites is 2. The minimum atomic E-state index is -0.945. The smallest absolute Gasteiger partial charge is 0.247 e. The zero-order valence-corrected chi connectivity index (χ0v) is 66.0. The van der Waals surface area contributed by atoms with Crippen molar-refractivity contribution in [3.8, 4) is 61.7 Å². The van der Waals surface area contributed by atoms with Gasteiger partial charge >= 0.3 is 0 Å². The van der Waals surface area contributed by atoms with E-state index in [1.165, 1.54) is 122 Å². The summed E-state index contributed by atoms with van der Waals surface area (Å²) in [6.07, 6.45) is 0. The van der Waals surface area contributed by atoms with E-state index < -0.39 is 5.41 Å². The van der Waals surface area contributed by atoms with Gasteiger partial charge in [0, 0.05) is 50.1 Å². The van der Waals surface area contributed by atoms with Crippen LogP contribution in [0.1, 0.15) is 207 Å². The normalized spacial score (nSPS) is 14.3. The Morgan fingerprint density at radius 3 is 1.12 bits per heavy atom. The molecule has 13 aromatic rings. The van der Waals surface area contributed by atoms with E-state index in [-0.39, 0.29) is 44.6 Å². The van der Waals surface area contributed by atoms with Gasteiger partial charge in [-0.2, -0.15) is 0 Å². The first-order valence-electron chi connectivity index (χ1n) is 38.3. The Balaban J connectivity index is 1.15. The van der Waals surface area contributed by atoms with Crippen molar-refractivity contribution >= 4 is 62.0 Å². The average Bonchev–Trinajstić information content (AvgIpc) is 0.822. The van der Waals surface area contributed by atoms with Crippen molar-refractivity contribution in [1.82, 2.24) is 4.57 Å². The third-order valence-electron chi connectivity index (χ3n) is 23.4. The number of ether oxygens (including phenoxy) is 1. The predicted molar refractivity (Wildman–Crippen MR) is 451 cm³/mol. The van der Waals surface area contributed by atoms with Crippen LogP contribution in [-0.2, 0) is 43.3 Å². The molecule has 0 saturated heterocycles. The highest BCUT2D eigenvalue weighted by atomic mass is 16.5. The number of benzene rings is 12. The zero-order chi connectivity index (χ0) is 74.2. The molecule has 526 valence electrons. The minimum absolute atomic E-state index is 0.0926. The molecule has 3 nitrogen and oxygen atoms in total. The summed E-state index contributed by atoms with van der Waals surface area (Å²) in [5.74, 6) is 1.72. The van der Waals surface area contributed by atoms with Crippen LogP contribution in [0.15, 0.2) is 243 Å². The lowest BCUT2D eigenvalue weighted by Gasteiger charge is -2.50. The van der Waals surface area contributed by atoms with Crippen LogP contribution in [0.4, 0.5) is 17.1 Å². The largest absolute Gasteiger partial charge is 0.457 e. The standard InChI is InChI=1S/C101H103BN2O/c1-94(2,3)68-42-46-86-78(56-68)79-57-69(95(4,5)6)43-47-87(79)103(86)75-60-83-92-89(61-75)104(93-76(62-32-24-22-25-33-62)58-74(100(19,20)21)59-77(93)63-34-26-23-27-35-63)88-53-65(67-50-72(98(13,14)15)55-73(51-67)99(16,17)18)41-45-85(88)102(92)84-44-40-64(66-48-70(96(7,8)9)54-71(49-66)97(10,11)12)52-82(84)101(83)80-36-28-30-38-90(80)105-91-39-31-29-37-81(91)101/h22-61H,1-21H3. The molecular weight excluding hydrogens is 1270 g/mol. The van der Waals surface area contributed by atoms with Gasteiger partial charge in [0.1, 0.15) is 11.5 Å². The molecule has 0 unspecified atom stereocenters. The Labute approximate surface area is 626 Å². The van der Waals surface area contributed by atoms with Crippen molar-refractivity contribution < 1.29 is 4.74 Å². The molecule has 0 aliphatic carbocycles. The molecule has 1 spiro atoms. The van der Waals surface area contributed by atoms with Gasteiger partial charge in [-0.1, -0.05) is 327 Å². The summed E-state index contributed by atoms with van der Waals surface area (Å²) in [4.78, 5) is 2.77. The van der Waals surface area contributed by atoms with E-state index in [1.54, 1.807) is 0 Å². The van der Waals surface area contributed by atoms with Gasteiger partial charge in [0.25, 0.3) is 0 Å². The van der Waals surface area contributed by atoms with E-state index in [0.717, 1.165) is 56.5 Å². The summed E-state index contributed by atoms with van der Waals surface area (Å²) < 4.78 is 9.99. The molecule has 16 rings (SSSR count). The van der Waals surface area contributed by atoms with Crippen molar-refractivity contribution in [2.24, 2.45) is 0 Å². The number of nitrogens with zero attached hydrogens (tertiary/aromatic N) is 2. The van der Waals surface area contributed by atoms with E-state index >= 15 is 0 Å². The molecule has 0 radical (unpaired) electrons. The van der Waals surface area contributed by atoms with Gasteiger partial charge in [0.2, 0.25) is 6.71 Å². The van der Waals surface area contributed by atoms with Crippen molar-refractivity contribution in [3.05, 3.63) is 304 Å². The molecule has 12 aromatic carbocycles. The SMILES string of the molecule is CC(C)(C)c1cc(-c2ccc3c(c2)N(c2c(-c4ccccc4)cc(C(C)(C)C)cc2-c2ccccc2)c2cc(-n4c5ccc(C(C)(C)C)cc5c5cc(C(C)(C)C)ccc54)cc4c2B3c2ccc(-c3cc(C(C)(C)C)cc(C(C)(C)C)c3)cc2C42c3ccccc3Oc3ccccc32)cc(C(C)(C)C)c1. The first-order valence-corrected chi connectivity index (χ1v) is 38.3. The number of anilines is 3. The number of hydrogen-bond acceptors (Lipinski definition) is 2. The molecule has 0 atom stereocenters. The molecule has 0 fully saturated rings. The highest BCUT2D eigenvalue weighted by Gasteiger charge is 2.55. The fourth-order valence-corrected chi connectivity index (χ4v) is 17.1. The Morgan fingerprint density at radius 1 is 0.286 bits per heavy atom. The van der Waals surface area contributed by atoms with Crippen molar-refractivity contribution in [1.29, 1.82) is 0 Å². The molecule has 3 aliphatic heterocycles. The van der Waals surface area contributed by atoms with E-state index in [9.17, 15) is 0 Å². The third-order valence-corrected chi connectivity index (χ3v) is 23.4. The van der Waals surface area contributed by atoms with Gasteiger partial charge in [0.05, 0.1) is 22.1 Å². The first kappa shape index (κ1) is 69.5. The lowest BCUT2D eigenvalue weighted by atomic mass is 9.29. The third kappa shape index (κ3) is 11.6. The summed E-state index contributed by atoms with van der Waals surface area (Å²) in [7, 11) is 0. The maximum atomic E-state index is 7.36. The van der Waals surface area contributed by atoms with Crippen molar-refractivity contribution in [2.75, 3.05) is 4.90 Å². The zero-order valence-electron chi connectivity index (χ0n) is 66.0. The molecule has 0 amide bonds. The van der Waals surface area contributed by atoms with Gasteiger partial charge in [-0.05, 0) is 199 Å². The second-order valence-electron chi connectivity index (χ2n) is 37.9. The fraction of sp³-hybridized carbons (Fsp3) is 0.287. The highest BCUT2D eigenvalue weighted by molar-refractivity contribution is 6.99. The molecule has 105 heavy (non-hydrogen) atoms. The molecule has 0 bridgehead atoms. The van der Waals surface area contributed by atoms with Crippen molar-refractivity contribution in [2.45, 2.75) is 189 Å². The molecule has 0 saturated carbocycles. The second kappa shape index (κ2) is 24.1. The molecule has 1 aromatic heterocycles. The maximum Gasteiger partial charge on any atom is 0.247 e. The summed E-state index contributed by atoms with van der Waals surface area (Å²) in [6, 6.07) is 95.6. The van der Waals surface area contributed by atoms with Gasteiger partial charge in [-0.25, -0.2) is 0 Å². The topological polar surface area (TPSA) is 17.4 Å². The summed E-state index contributed by atoms with van der Waals surface area (Å²) in [6.45, 7) is 49.3. The lowest BCUT2D eigenvalue weighted by molar-refractivity contribution is 0.435. The van der Waals surface area contributed by atoms with Crippen LogP contribution in [0.25, 0.3) is 72.0 Å². The summed E-state index contributed by atoms with van der Waals surface area (Å²) in [5.41, 5.74) is 32.4. The maximum absolute atomic E-state index is 7.36. The Hall–Kier alpha value is -9.90. The Bertz CT molecular complexity index is 5430. The minimum Gasteiger partial charge on any atom is -0.457 e. The van der Waals surface area contributed by atoms with E-state index in [0.29, 0.717) is 0 Å².